The van der Waals surface area contributed by atoms with Gasteiger partial charge in [0.2, 0.25) is 0 Å². The van der Waals surface area contributed by atoms with Crippen LogP contribution in [-0.2, 0) is 13.6 Å². The Morgan fingerprint density at radius 1 is 1.19 bits per heavy atom. The lowest BCUT2D eigenvalue weighted by Crippen LogP contribution is -2.05. The van der Waals surface area contributed by atoms with E-state index in [0.29, 0.717) is 10.4 Å². The van der Waals surface area contributed by atoms with Gasteiger partial charge in [-0.2, -0.15) is 0 Å². The van der Waals surface area contributed by atoms with Gasteiger partial charge in [-0.05, 0) is 32.0 Å². The van der Waals surface area contributed by atoms with E-state index in [2.05, 4.69) is 0 Å². The van der Waals surface area contributed by atoms with Crippen LogP contribution in [-0.4, -0.2) is 13.2 Å². The van der Waals surface area contributed by atoms with Crippen molar-refractivity contribution >= 4 is 30.4 Å². The lowest BCUT2D eigenvalue weighted by atomic mass is 10.2. The Kier molecular flexibility index (Phi) is 5.06. The van der Waals surface area contributed by atoms with E-state index in [1.807, 2.05) is 0 Å². The Morgan fingerprint density at radius 2 is 1.86 bits per heavy atom. The van der Waals surface area contributed by atoms with Crippen molar-refractivity contribution in [3.8, 4) is 5.75 Å². The SMILES string of the molecule is CCOP(=O)(OCC)Oc1cc(=O)oc2ccc(Cl)cc12. The van der Waals surface area contributed by atoms with Crippen LogP contribution in [0.4, 0.5) is 0 Å². The fraction of sp³-hybridized carbons (Fsp3) is 0.308. The number of halogens is 1. The number of fused-ring (bicyclic) bond motifs is 1. The van der Waals surface area contributed by atoms with Crippen LogP contribution in [0.25, 0.3) is 11.0 Å². The zero-order valence-corrected chi connectivity index (χ0v) is 13.1. The summed E-state index contributed by atoms with van der Waals surface area (Å²) in [5, 5.41) is 0.825. The van der Waals surface area contributed by atoms with Gasteiger partial charge in [-0.3, -0.25) is 9.05 Å². The molecule has 2 rings (SSSR count). The molecule has 0 aliphatic carbocycles. The summed E-state index contributed by atoms with van der Waals surface area (Å²) < 4.78 is 32.8. The number of phosphoric acid groups is 1. The fourth-order valence-corrected chi connectivity index (χ4v) is 3.09. The standard InChI is InChI=1S/C13H14ClO6P/c1-3-17-21(16,18-4-2)20-12-8-13(15)19-11-6-5-9(14)7-10(11)12/h5-8H,3-4H2,1-2H3. The van der Waals surface area contributed by atoms with E-state index in [-0.39, 0.29) is 24.5 Å². The summed E-state index contributed by atoms with van der Waals surface area (Å²) in [5.74, 6) is 0.0361. The van der Waals surface area contributed by atoms with Gasteiger partial charge in [0.1, 0.15) is 11.3 Å². The maximum Gasteiger partial charge on any atom is 0.530 e. The van der Waals surface area contributed by atoms with Crippen LogP contribution in [0.5, 0.6) is 5.75 Å². The lowest BCUT2D eigenvalue weighted by molar-refractivity contribution is 0.168. The summed E-state index contributed by atoms with van der Waals surface area (Å²) in [6.07, 6.45) is 0. The minimum atomic E-state index is -3.80. The molecular formula is C13H14ClO6P. The Morgan fingerprint density at radius 3 is 2.48 bits per heavy atom. The second kappa shape index (κ2) is 6.62. The fourth-order valence-electron chi connectivity index (χ4n) is 1.71. The predicted octanol–water partition coefficient (Wildman–Crippen LogP) is 4.01. The predicted molar refractivity (Wildman–Crippen MR) is 79.0 cm³/mol. The van der Waals surface area contributed by atoms with E-state index < -0.39 is 13.4 Å². The minimum Gasteiger partial charge on any atom is -0.422 e. The second-order valence-electron chi connectivity index (χ2n) is 3.94. The van der Waals surface area contributed by atoms with Crippen molar-refractivity contribution in [2.45, 2.75) is 13.8 Å². The zero-order chi connectivity index (χ0) is 15.5. The van der Waals surface area contributed by atoms with E-state index >= 15 is 0 Å². The van der Waals surface area contributed by atoms with Gasteiger partial charge in [0.05, 0.1) is 24.7 Å². The van der Waals surface area contributed by atoms with E-state index in [9.17, 15) is 9.36 Å². The average molecular weight is 333 g/mol. The molecule has 6 nitrogen and oxygen atoms in total. The second-order valence-corrected chi connectivity index (χ2v) is 5.97. The molecule has 1 heterocycles. The highest BCUT2D eigenvalue weighted by molar-refractivity contribution is 7.48. The average Bonchev–Trinajstić information content (AvgIpc) is 2.40. The Bertz CT molecular complexity index is 731. The Balaban J connectivity index is 2.52. The molecule has 1 aromatic carbocycles. The van der Waals surface area contributed by atoms with E-state index in [0.717, 1.165) is 6.07 Å². The largest absolute Gasteiger partial charge is 0.530 e. The molecule has 0 N–H and O–H groups in total. The van der Waals surface area contributed by atoms with Gasteiger partial charge >= 0.3 is 13.4 Å². The summed E-state index contributed by atoms with van der Waals surface area (Å²) >= 11 is 5.92. The van der Waals surface area contributed by atoms with Crippen molar-refractivity contribution in [2.75, 3.05) is 13.2 Å². The molecule has 0 aliphatic heterocycles. The molecule has 2 aromatic rings. The van der Waals surface area contributed by atoms with Crippen LogP contribution in [0.3, 0.4) is 0 Å². The highest BCUT2D eigenvalue weighted by Crippen LogP contribution is 2.50. The molecule has 0 radical (unpaired) electrons. The van der Waals surface area contributed by atoms with Crippen molar-refractivity contribution < 1.29 is 22.6 Å². The summed E-state index contributed by atoms with van der Waals surface area (Å²) in [7, 11) is -3.80. The first kappa shape index (κ1) is 16.0. The number of hydrogen-bond acceptors (Lipinski definition) is 6. The number of benzene rings is 1. The molecule has 8 heteroatoms. The molecule has 0 saturated carbocycles. The zero-order valence-electron chi connectivity index (χ0n) is 11.5. The third-order valence-electron chi connectivity index (χ3n) is 2.45. The highest BCUT2D eigenvalue weighted by Gasteiger charge is 2.28. The van der Waals surface area contributed by atoms with Crippen molar-refractivity contribution in [3.05, 3.63) is 39.7 Å². The van der Waals surface area contributed by atoms with Crippen LogP contribution < -0.4 is 10.1 Å². The molecule has 0 spiro atoms. The van der Waals surface area contributed by atoms with E-state index in [1.165, 1.54) is 12.1 Å². The molecule has 1 aromatic heterocycles. The summed E-state index contributed by atoms with van der Waals surface area (Å²) in [6, 6.07) is 5.71. The first-order valence-corrected chi connectivity index (χ1v) is 8.13. The van der Waals surface area contributed by atoms with Gasteiger partial charge in [0.15, 0.2) is 0 Å². The van der Waals surface area contributed by atoms with E-state index in [1.54, 1.807) is 19.9 Å². The minimum absolute atomic E-state index is 0.0361. The van der Waals surface area contributed by atoms with Crippen LogP contribution in [0.1, 0.15) is 13.8 Å². The maximum atomic E-state index is 12.4. The molecule has 114 valence electrons. The van der Waals surface area contributed by atoms with Gasteiger partial charge < -0.3 is 8.94 Å². The smallest absolute Gasteiger partial charge is 0.422 e. The maximum absolute atomic E-state index is 12.4. The van der Waals surface area contributed by atoms with Crippen molar-refractivity contribution in [2.24, 2.45) is 0 Å². The third kappa shape index (κ3) is 3.86. The first-order valence-electron chi connectivity index (χ1n) is 6.29. The highest BCUT2D eigenvalue weighted by atomic mass is 35.5. The normalized spacial score (nSPS) is 11.8. The molecule has 0 aliphatic rings. The first-order chi connectivity index (χ1) is 9.97. The lowest BCUT2D eigenvalue weighted by Gasteiger charge is -2.17. The Labute approximate surface area is 126 Å². The topological polar surface area (TPSA) is 75.0 Å². The number of hydrogen-bond donors (Lipinski definition) is 0. The van der Waals surface area contributed by atoms with Crippen LogP contribution in [0, 0.1) is 0 Å². The molecule has 0 bridgehead atoms. The monoisotopic (exact) mass is 332 g/mol. The van der Waals surface area contributed by atoms with Crippen molar-refractivity contribution in [1.82, 2.24) is 0 Å². The van der Waals surface area contributed by atoms with Gasteiger partial charge in [-0.15, -0.1) is 0 Å². The molecule has 0 saturated heterocycles. The van der Waals surface area contributed by atoms with Crippen molar-refractivity contribution in [1.29, 1.82) is 0 Å². The molecule has 0 amide bonds. The molecule has 0 atom stereocenters. The quantitative estimate of drug-likeness (QED) is 0.587. The molecular weight excluding hydrogens is 319 g/mol. The van der Waals surface area contributed by atoms with Crippen molar-refractivity contribution in [3.63, 3.8) is 0 Å². The third-order valence-corrected chi connectivity index (χ3v) is 4.26. The van der Waals surface area contributed by atoms with Crippen LogP contribution in [0.2, 0.25) is 5.02 Å². The van der Waals surface area contributed by atoms with E-state index in [4.69, 9.17) is 29.6 Å². The number of phosphoric ester groups is 1. The van der Waals surface area contributed by atoms with Gasteiger partial charge in [-0.25, -0.2) is 9.36 Å². The molecule has 0 fully saturated rings. The van der Waals surface area contributed by atoms with Gasteiger partial charge in [0.25, 0.3) is 0 Å². The van der Waals surface area contributed by atoms with Gasteiger partial charge in [0, 0.05) is 5.02 Å². The van der Waals surface area contributed by atoms with Crippen LogP contribution in [0.15, 0.2) is 33.5 Å². The molecule has 0 unspecified atom stereocenters. The summed E-state index contributed by atoms with van der Waals surface area (Å²) in [6.45, 7) is 3.58. The van der Waals surface area contributed by atoms with Gasteiger partial charge in [-0.1, -0.05) is 11.6 Å². The summed E-state index contributed by atoms with van der Waals surface area (Å²) in [4.78, 5) is 11.5. The van der Waals surface area contributed by atoms with Crippen LogP contribution >= 0.6 is 19.4 Å². The molecule has 21 heavy (non-hydrogen) atoms. The number of rotatable bonds is 6. The Hall–Kier alpha value is -1.33. The summed E-state index contributed by atoms with van der Waals surface area (Å²) in [5.41, 5.74) is -0.374.